The summed E-state index contributed by atoms with van der Waals surface area (Å²) in [5, 5.41) is 2.64. The van der Waals surface area contributed by atoms with Crippen LogP contribution in [-0.2, 0) is 9.47 Å². The Balaban J connectivity index is 1.56. The Morgan fingerprint density at radius 2 is 2.13 bits per heavy atom. The van der Waals surface area contributed by atoms with E-state index in [0.29, 0.717) is 19.7 Å². The van der Waals surface area contributed by atoms with Crippen molar-refractivity contribution in [1.82, 2.24) is 4.90 Å². The second-order valence-corrected chi connectivity index (χ2v) is 6.28. The maximum Gasteiger partial charge on any atom is 0.321 e. The van der Waals surface area contributed by atoms with Crippen LogP contribution in [0.25, 0.3) is 0 Å². The van der Waals surface area contributed by atoms with Gasteiger partial charge in [-0.15, -0.1) is 0 Å². The summed E-state index contributed by atoms with van der Waals surface area (Å²) in [6.07, 6.45) is 3.62. The van der Waals surface area contributed by atoms with Gasteiger partial charge in [-0.1, -0.05) is 12.1 Å². The molecule has 1 atom stereocenters. The summed E-state index contributed by atoms with van der Waals surface area (Å²) in [4.78, 5) is 14.0. The van der Waals surface area contributed by atoms with Gasteiger partial charge in [-0.3, -0.25) is 0 Å². The second-order valence-electron chi connectivity index (χ2n) is 6.28. The number of nitrogens with zero attached hydrogens (tertiary/aromatic N) is 1. The molecule has 1 aromatic rings. The molecule has 2 aliphatic rings. The minimum Gasteiger partial charge on any atom is -0.381 e. The first-order chi connectivity index (χ1) is 11.1. The van der Waals surface area contributed by atoms with Crippen LogP contribution in [0.15, 0.2) is 24.3 Å². The molecule has 0 aliphatic carbocycles. The number of hydrogen-bond donors (Lipinski definition) is 1. The number of nitrogens with one attached hydrogen (secondary N) is 1. The lowest BCUT2D eigenvalue weighted by Crippen LogP contribution is -2.52. The highest BCUT2D eigenvalue weighted by atomic mass is 19.1. The Hall–Kier alpha value is -1.66. The van der Waals surface area contributed by atoms with Crippen molar-refractivity contribution in [2.24, 2.45) is 0 Å². The molecule has 0 aromatic heterocycles. The number of likely N-dealkylation sites (tertiary alicyclic amines) is 1. The molecule has 1 aromatic carbocycles. The largest absolute Gasteiger partial charge is 0.381 e. The summed E-state index contributed by atoms with van der Waals surface area (Å²) in [6.45, 7) is 1.92. The lowest BCUT2D eigenvalue weighted by molar-refractivity contribution is -0.145. The van der Waals surface area contributed by atoms with Crippen LogP contribution >= 0.6 is 0 Å². The standard InChI is InChI=1S/C17H23FN2O3/c1-22-13-6-11-23-17(12-13)7-9-20(10-8-17)16(21)19-15-5-3-2-4-14(15)18/h2-5,13H,6-12H2,1H3,(H,19,21). The molecule has 1 N–H and O–H groups in total. The molecule has 0 bridgehead atoms. The SMILES string of the molecule is COC1CCOC2(CCN(C(=O)Nc3ccccc3F)CC2)C1. The maximum atomic E-state index is 13.6. The highest BCUT2D eigenvalue weighted by Crippen LogP contribution is 2.36. The number of halogens is 1. The van der Waals surface area contributed by atoms with Crippen molar-refractivity contribution in [3.05, 3.63) is 30.1 Å². The maximum absolute atomic E-state index is 13.6. The van der Waals surface area contributed by atoms with Crippen molar-refractivity contribution in [3.8, 4) is 0 Å². The number of rotatable bonds is 2. The Morgan fingerprint density at radius 3 is 2.83 bits per heavy atom. The first-order valence-corrected chi connectivity index (χ1v) is 8.09. The van der Waals surface area contributed by atoms with Gasteiger partial charge >= 0.3 is 6.03 Å². The molecule has 2 fully saturated rings. The van der Waals surface area contributed by atoms with Crippen molar-refractivity contribution in [3.63, 3.8) is 0 Å². The summed E-state index contributed by atoms with van der Waals surface area (Å²) in [5.41, 5.74) is 0.0411. The predicted molar refractivity (Wildman–Crippen MR) is 84.9 cm³/mol. The van der Waals surface area contributed by atoms with Crippen molar-refractivity contribution >= 4 is 11.7 Å². The first-order valence-electron chi connectivity index (χ1n) is 8.09. The first kappa shape index (κ1) is 16.2. The molecule has 2 aliphatic heterocycles. The summed E-state index contributed by atoms with van der Waals surface area (Å²) in [7, 11) is 1.74. The Morgan fingerprint density at radius 1 is 1.39 bits per heavy atom. The van der Waals surface area contributed by atoms with Crippen LogP contribution in [0.2, 0.25) is 0 Å². The molecule has 5 nitrogen and oxygen atoms in total. The minimum atomic E-state index is -0.423. The van der Waals surface area contributed by atoms with E-state index in [1.807, 2.05) is 0 Å². The third-order valence-corrected chi connectivity index (χ3v) is 4.86. The van der Waals surface area contributed by atoms with Crippen LogP contribution in [0.4, 0.5) is 14.9 Å². The zero-order valence-corrected chi connectivity index (χ0v) is 13.4. The normalized spacial score (nSPS) is 23.7. The fourth-order valence-corrected chi connectivity index (χ4v) is 3.41. The molecule has 1 spiro atoms. The molecular formula is C17H23FN2O3. The average Bonchev–Trinajstić information content (AvgIpc) is 2.57. The molecular weight excluding hydrogens is 299 g/mol. The fourth-order valence-electron chi connectivity index (χ4n) is 3.41. The van der Waals surface area contributed by atoms with Crippen LogP contribution in [0.1, 0.15) is 25.7 Å². The summed E-state index contributed by atoms with van der Waals surface area (Å²) < 4.78 is 25.1. The van der Waals surface area contributed by atoms with Gasteiger partial charge in [-0.25, -0.2) is 9.18 Å². The lowest BCUT2D eigenvalue weighted by Gasteiger charge is -2.45. The topological polar surface area (TPSA) is 50.8 Å². The summed E-state index contributed by atoms with van der Waals surface area (Å²) in [6, 6.07) is 5.93. The van der Waals surface area contributed by atoms with Crippen LogP contribution in [0, 0.1) is 5.82 Å². The number of piperidine rings is 1. The number of benzene rings is 1. The van der Waals surface area contributed by atoms with E-state index < -0.39 is 5.82 Å². The van der Waals surface area contributed by atoms with E-state index in [9.17, 15) is 9.18 Å². The molecule has 1 unspecified atom stereocenters. The zero-order chi connectivity index (χ0) is 16.3. The highest BCUT2D eigenvalue weighted by Gasteiger charge is 2.41. The van der Waals surface area contributed by atoms with E-state index >= 15 is 0 Å². The lowest BCUT2D eigenvalue weighted by atomic mass is 9.83. The van der Waals surface area contributed by atoms with Crippen molar-refractivity contribution in [2.45, 2.75) is 37.4 Å². The smallest absolute Gasteiger partial charge is 0.321 e. The number of para-hydroxylation sites is 1. The van der Waals surface area contributed by atoms with Crippen LogP contribution in [0.3, 0.4) is 0 Å². The number of methoxy groups -OCH3 is 1. The van der Waals surface area contributed by atoms with E-state index in [1.54, 1.807) is 30.2 Å². The molecule has 0 radical (unpaired) electrons. The third kappa shape index (κ3) is 3.64. The van der Waals surface area contributed by atoms with Gasteiger partial charge in [0, 0.05) is 33.2 Å². The third-order valence-electron chi connectivity index (χ3n) is 4.86. The number of urea groups is 1. The molecule has 23 heavy (non-hydrogen) atoms. The number of ether oxygens (including phenoxy) is 2. The van der Waals surface area contributed by atoms with Gasteiger partial charge < -0.3 is 19.7 Å². The molecule has 2 amide bonds. The van der Waals surface area contributed by atoms with Crippen LogP contribution < -0.4 is 5.32 Å². The number of carbonyl (C=O) groups excluding carboxylic acids is 1. The number of anilines is 1. The zero-order valence-electron chi connectivity index (χ0n) is 13.4. The molecule has 2 heterocycles. The van der Waals surface area contributed by atoms with E-state index in [1.165, 1.54) is 6.07 Å². The Bertz CT molecular complexity index is 559. The number of amides is 2. The molecule has 0 saturated carbocycles. The Labute approximate surface area is 135 Å². The van der Waals surface area contributed by atoms with Gasteiger partial charge in [-0.05, 0) is 31.4 Å². The van der Waals surface area contributed by atoms with Gasteiger partial charge in [0.2, 0.25) is 0 Å². The van der Waals surface area contributed by atoms with Gasteiger partial charge in [0.15, 0.2) is 0 Å². The second kappa shape index (κ2) is 6.84. The van der Waals surface area contributed by atoms with Crippen LogP contribution in [-0.4, -0.2) is 49.4 Å². The quantitative estimate of drug-likeness (QED) is 0.910. The average molecular weight is 322 g/mol. The molecule has 3 rings (SSSR count). The van der Waals surface area contributed by atoms with E-state index in [4.69, 9.17) is 9.47 Å². The van der Waals surface area contributed by atoms with Gasteiger partial charge in [0.25, 0.3) is 0 Å². The van der Waals surface area contributed by atoms with Crippen molar-refractivity contribution < 1.29 is 18.7 Å². The van der Waals surface area contributed by atoms with Crippen molar-refractivity contribution in [2.75, 3.05) is 32.1 Å². The van der Waals surface area contributed by atoms with Gasteiger partial charge in [0.05, 0.1) is 17.4 Å². The Kier molecular flexibility index (Phi) is 4.82. The molecule has 6 heteroatoms. The monoisotopic (exact) mass is 322 g/mol. The molecule has 126 valence electrons. The minimum absolute atomic E-state index is 0.173. The van der Waals surface area contributed by atoms with Gasteiger partial charge in [-0.2, -0.15) is 0 Å². The fraction of sp³-hybridized carbons (Fsp3) is 0.588. The highest BCUT2D eigenvalue weighted by molar-refractivity contribution is 5.89. The van der Waals surface area contributed by atoms with Crippen LogP contribution in [0.5, 0.6) is 0 Å². The summed E-state index contributed by atoms with van der Waals surface area (Å²) in [5.74, 6) is -0.423. The summed E-state index contributed by atoms with van der Waals surface area (Å²) >= 11 is 0. The predicted octanol–water partition coefficient (Wildman–Crippen LogP) is 3.02. The van der Waals surface area contributed by atoms with E-state index in [0.717, 1.165) is 25.7 Å². The van der Waals surface area contributed by atoms with E-state index in [-0.39, 0.29) is 23.4 Å². The van der Waals surface area contributed by atoms with Gasteiger partial charge in [0.1, 0.15) is 5.82 Å². The van der Waals surface area contributed by atoms with Crippen molar-refractivity contribution in [1.29, 1.82) is 0 Å². The molecule has 2 saturated heterocycles. The number of carbonyl (C=O) groups is 1. The van der Waals surface area contributed by atoms with E-state index in [2.05, 4.69) is 5.32 Å². The number of hydrogen-bond acceptors (Lipinski definition) is 3.